The van der Waals surface area contributed by atoms with E-state index in [1.54, 1.807) is 0 Å². The highest BCUT2D eigenvalue weighted by molar-refractivity contribution is 5.24. The van der Waals surface area contributed by atoms with E-state index in [0.29, 0.717) is 0 Å². The summed E-state index contributed by atoms with van der Waals surface area (Å²) < 4.78 is 0. The Hall–Kier alpha value is -1.28. The number of piperazine rings is 1. The molecule has 0 aliphatic carbocycles. The number of hydrogen-bond donors (Lipinski definition) is 0. The zero-order valence-electron chi connectivity index (χ0n) is 12.0. The molecule has 0 saturated carbocycles. The van der Waals surface area contributed by atoms with Gasteiger partial charge in [-0.2, -0.15) is 0 Å². The van der Waals surface area contributed by atoms with Crippen molar-refractivity contribution in [2.24, 2.45) is 0 Å². The van der Waals surface area contributed by atoms with Crippen molar-refractivity contribution in [3.05, 3.63) is 49.2 Å². The van der Waals surface area contributed by atoms with Crippen molar-refractivity contribution in [1.29, 1.82) is 0 Å². The highest BCUT2D eigenvalue weighted by Crippen LogP contribution is 2.18. The molecule has 1 aliphatic heterocycles. The van der Waals surface area contributed by atoms with E-state index >= 15 is 0 Å². The van der Waals surface area contributed by atoms with Crippen LogP contribution in [0.4, 0.5) is 0 Å². The van der Waals surface area contributed by atoms with E-state index in [-0.39, 0.29) is 5.54 Å². The number of nitrogens with zero attached hydrogens (tertiary/aromatic N) is 2. The molecule has 2 heteroatoms. The molecule has 1 fully saturated rings. The molecule has 1 heterocycles. The van der Waals surface area contributed by atoms with Gasteiger partial charge in [0.15, 0.2) is 0 Å². The molecule has 0 aromatic rings. The van der Waals surface area contributed by atoms with Gasteiger partial charge in [-0.3, -0.25) is 4.90 Å². The first-order valence-corrected chi connectivity index (χ1v) is 6.61. The van der Waals surface area contributed by atoms with Gasteiger partial charge in [-0.1, -0.05) is 31.4 Å². The topological polar surface area (TPSA) is 6.48 Å². The number of allylic oxidation sites excluding steroid dienone is 5. The van der Waals surface area contributed by atoms with E-state index < -0.39 is 0 Å². The van der Waals surface area contributed by atoms with E-state index in [0.717, 1.165) is 26.2 Å². The zero-order valence-corrected chi connectivity index (χ0v) is 12.0. The van der Waals surface area contributed by atoms with Crippen molar-refractivity contribution in [2.45, 2.75) is 26.3 Å². The summed E-state index contributed by atoms with van der Waals surface area (Å²) in [5, 5.41) is 0. The molecule has 0 unspecified atom stereocenters. The van der Waals surface area contributed by atoms with Crippen LogP contribution in [0.5, 0.6) is 0 Å². The Bertz CT molecular complexity index is 337. The van der Waals surface area contributed by atoms with Crippen LogP contribution in [0, 0.1) is 0 Å². The average Bonchev–Trinajstić information content (AvgIpc) is 2.33. The molecule has 0 radical (unpaired) electrons. The highest BCUT2D eigenvalue weighted by atomic mass is 15.3. The van der Waals surface area contributed by atoms with Gasteiger partial charge in [0.1, 0.15) is 0 Å². The minimum Gasteiger partial charge on any atom is -0.369 e. The molecule has 100 valence electrons. The largest absolute Gasteiger partial charge is 0.369 e. The summed E-state index contributed by atoms with van der Waals surface area (Å²) in [5.41, 5.74) is 1.49. The molecule has 0 aromatic heterocycles. The minimum absolute atomic E-state index is 0.269. The molecular weight excluding hydrogens is 220 g/mol. The lowest BCUT2D eigenvalue weighted by Crippen LogP contribution is -2.52. The molecule has 1 saturated heterocycles. The van der Waals surface area contributed by atoms with E-state index in [2.05, 4.69) is 55.9 Å². The zero-order chi connectivity index (χ0) is 13.6. The van der Waals surface area contributed by atoms with Crippen LogP contribution in [0.3, 0.4) is 0 Å². The van der Waals surface area contributed by atoms with Crippen molar-refractivity contribution in [3.8, 4) is 0 Å². The van der Waals surface area contributed by atoms with E-state index in [1.807, 2.05) is 18.2 Å². The maximum absolute atomic E-state index is 3.78. The molecule has 1 aliphatic rings. The van der Waals surface area contributed by atoms with Crippen LogP contribution < -0.4 is 0 Å². The van der Waals surface area contributed by atoms with Crippen molar-refractivity contribution < 1.29 is 0 Å². The van der Waals surface area contributed by atoms with E-state index in [9.17, 15) is 0 Å². The fourth-order valence-corrected chi connectivity index (χ4v) is 2.19. The standard InChI is InChI=1S/C16H26N2/c1-6-8-10-15(9-7-2)17-11-13-18(14-12-17)16(3,4)5/h6-10H,1-2,11-14H2,3-5H3/b10-8-,15-9+. The summed E-state index contributed by atoms with van der Waals surface area (Å²) in [7, 11) is 0. The molecule has 1 rings (SSSR count). The van der Waals surface area contributed by atoms with Gasteiger partial charge in [0.25, 0.3) is 0 Å². The normalized spacial score (nSPS) is 19.3. The van der Waals surface area contributed by atoms with Crippen molar-refractivity contribution in [3.63, 3.8) is 0 Å². The fraction of sp³-hybridized carbons (Fsp3) is 0.500. The maximum Gasteiger partial charge on any atom is 0.0366 e. The Labute approximate surface area is 112 Å². The second kappa shape index (κ2) is 6.60. The second-order valence-corrected chi connectivity index (χ2v) is 5.57. The van der Waals surface area contributed by atoms with Crippen LogP contribution >= 0.6 is 0 Å². The van der Waals surface area contributed by atoms with Gasteiger partial charge in [0.05, 0.1) is 0 Å². The smallest absolute Gasteiger partial charge is 0.0366 e. The fourth-order valence-electron chi connectivity index (χ4n) is 2.19. The molecule has 2 nitrogen and oxygen atoms in total. The van der Waals surface area contributed by atoms with Gasteiger partial charge in [-0.05, 0) is 32.9 Å². The third-order valence-electron chi connectivity index (χ3n) is 3.29. The summed E-state index contributed by atoms with van der Waals surface area (Å²) >= 11 is 0. The Morgan fingerprint density at radius 2 is 1.61 bits per heavy atom. The Morgan fingerprint density at radius 3 is 2.06 bits per heavy atom. The van der Waals surface area contributed by atoms with Gasteiger partial charge in [0.2, 0.25) is 0 Å². The van der Waals surface area contributed by atoms with Crippen LogP contribution in [-0.4, -0.2) is 41.5 Å². The summed E-state index contributed by atoms with van der Waals surface area (Å²) in [6, 6.07) is 0. The molecule has 18 heavy (non-hydrogen) atoms. The van der Waals surface area contributed by atoms with Gasteiger partial charge in [-0.15, -0.1) is 0 Å². The quantitative estimate of drug-likeness (QED) is 0.703. The maximum atomic E-state index is 3.78. The molecule has 0 bridgehead atoms. The van der Waals surface area contributed by atoms with Crippen molar-refractivity contribution >= 4 is 0 Å². The third kappa shape index (κ3) is 4.19. The Balaban J connectivity index is 2.65. The first-order valence-electron chi connectivity index (χ1n) is 6.61. The molecule has 0 amide bonds. The number of rotatable bonds is 4. The molecule has 0 aromatic carbocycles. The molecule has 0 N–H and O–H groups in total. The lowest BCUT2D eigenvalue weighted by molar-refractivity contribution is 0.0778. The summed E-state index contributed by atoms with van der Waals surface area (Å²) in [6.07, 6.45) is 9.79. The minimum atomic E-state index is 0.269. The number of hydrogen-bond acceptors (Lipinski definition) is 2. The Morgan fingerprint density at radius 1 is 1.00 bits per heavy atom. The predicted octanol–water partition coefficient (Wildman–Crippen LogP) is 3.21. The lowest BCUT2D eigenvalue weighted by atomic mass is 10.0. The molecular formula is C16H26N2. The van der Waals surface area contributed by atoms with Gasteiger partial charge < -0.3 is 4.90 Å². The monoisotopic (exact) mass is 246 g/mol. The van der Waals surface area contributed by atoms with Crippen LogP contribution in [0.15, 0.2) is 49.2 Å². The van der Waals surface area contributed by atoms with E-state index in [4.69, 9.17) is 0 Å². The van der Waals surface area contributed by atoms with Crippen LogP contribution in [0.2, 0.25) is 0 Å². The first-order chi connectivity index (χ1) is 8.49. The predicted molar refractivity (Wildman–Crippen MR) is 80.5 cm³/mol. The van der Waals surface area contributed by atoms with E-state index in [1.165, 1.54) is 5.70 Å². The summed E-state index contributed by atoms with van der Waals surface area (Å²) in [5.74, 6) is 0. The second-order valence-electron chi connectivity index (χ2n) is 5.57. The third-order valence-corrected chi connectivity index (χ3v) is 3.29. The van der Waals surface area contributed by atoms with Crippen LogP contribution in [0.25, 0.3) is 0 Å². The van der Waals surface area contributed by atoms with Gasteiger partial charge >= 0.3 is 0 Å². The lowest BCUT2D eigenvalue weighted by Gasteiger charge is -2.43. The van der Waals surface area contributed by atoms with Gasteiger partial charge in [-0.25, -0.2) is 0 Å². The van der Waals surface area contributed by atoms with Crippen molar-refractivity contribution in [1.82, 2.24) is 9.80 Å². The SMILES string of the molecule is C=C/C=C\C(=C/C=C)N1CCN(C(C)(C)C)CC1. The average molecular weight is 246 g/mol. The van der Waals surface area contributed by atoms with Gasteiger partial charge in [0, 0.05) is 37.4 Å². The molecule has 0 spiro atoms. The van der Waals surface area contributed by atoms with Crippen LogP contribution in [0.1, 0.15) is 20.8 Å². The summed E-state index contributed by atoms with van der Waals surface area (Å²) in [4.78, 5) is 4.94. The van der Waals surface area contributed by atoms with Crippen molar-refractivity contribution in [2.75, 3.05) is 26.2 Å². The highest BCUT2D eigenvalue weighted by Gasteiger charge is 2.25. The Kier molecular flexibility index (Phi) is 5.42. The first kappa shape index (κ1) is 14.8. The summed E-state index contributed by atoms with van der Waals surface area (Å²) in [6.45, 7) is 18.7. The van der Waals surface area contributed by atoms with Crippen LogP contribution in [-0.2, 0) is 0 Å². The molecule has 0 atom stereocenters.